The van der Waals surface area contributed by atoms with Gasteiger partial charge in [0.25, 0.3) is 0 Å². The molecule has 5 heteroatoms. The van der Waals surface area contributed by atoms with Gasteiger partial charge in [-0.2, -0.15) is 13.2 Å². The Morgan fingerprint density at radius 3 is 2.45 bits per heavy atom. The van der Waals surface area contributed by atoms with Gasteiger partial charge < -0.3 is 10.2 Å². The highest BCUT2D eigenvalue weighted by atomic mass is 19.4. The number of nitrogens with zero attached hydrogens (tertiary/aromatic N) is 1. The van der Waals surface area contributed by atoms with Gasteiger partial charge in [-0.15, -0.1) is 0 Å². The molecule has 3 rings (SSSR count). The molecule has 0 fully saturated rings. The van der Waals surface area contributed by atoms with Crippen molar-refractivity contribution in [3.8, 4) is 0 Å². The van der Waals surface area contributed by atoms with E-state index in [1.807, 2.05) is 24.1 Å². The summed E-state index contributed by atoms with van der Waals surface area (Å²) in [5, 5.41) is 3.33. The van der Waals surface area contributed by atoms with E-state index in [4.69, 9.17) is 0 Å². The molecular formula is C17H17F3N2. The van der Waals surface area contributed by atoms with Crippen LogP contribution >= 0.6 is 0 Å². The van der Waals surface area contributed by atoms with Gasteiger partial charge in [-0.1, -0.05) is 12.1 Å². The Hall–Kier alpha value is -2.01. The second-order valence-electron chi connectivity index (χ2n) is 5.45. The van der Waals surface area contributed by atoms with Crippen molar-refractivity contribution in [2.45, 2.75) is 19.1 Å². The highest BCUT2D eigenvalue weighted by Crippen LogP contribution is 2.34. The summed E-state index contributed by atoms with van der Waals surface area (Å²) in [5.74, 6) is 0. The van der Waals surface area contributed by atoms with Crippen LogP contribution in [0.4, 0.5) is 24.5 Å². The van der Waals surface area contributed by atoms with Crippen molar-refractivity contribution in [1.29, 1.82) is 0 Å². The smallest absolute Gasteiger partial charge is 0.344 e. The zero-order chi connectivity index (χ0) is 15.7. The van der Waals surface area contributed by atoms with Crippen LogP contribution in [0.2, 0.25) is 0 Å². The molecule has 0 aliphatic carbocycles. The summed E-state index contributed by atoms with van der Waals surface area (Å²) in [5.41, 5.74) is 3.70. The van der Waals surface area contributed by atoms with Crippen LogP contribution in [0.3, 0.4) is 0 Å². The Balaban J connectivity index is 1.93. The maximum Gasteiger partial charge on any atom is 0.416 e. The van der Waals surface area contributed by atoms with E-state index >= 15 is 0 Å². The average Bonchev–Trinajstić information content (AvgIpc) is 2.53. The van der Waals surface area contributed by atoms with Crippen LogP contribution in [0.5, 0.6) is 0 Å². The molecule has 1 heterocycles. The summed E-state index contributed by atoms with van der Waals surface area (Å²) in [6, 6.07) is 11.4. The minimum Gasteiger partial charge on any atom is -0.344 e. The lowest BCUT2D eigenvalue weighted by atomic mass is 9.98. The number of rotatable bonds is 2. The first-order valence-corrected chi connectivity index (χ1v) is 7.19. The van der Waals surface area contributed by atoms with Gasteiger partial charge in [-0.05, 0) is 54.4 Å². The van der Waals surface area contributed by atoms with E-state index in [1.54, 1.807) is 0 Å². The number of hydrogen-bond donors (Lipinski definition) is 1. The SMILES string of the molecule is CN(c1ccc(C(F)(F)F)cc1)c1cccc2c1CCNC2. The number of benzene rings is 2. The molecule has 0 spiro atoms. The molecule has 0 radical (unpaired) electrons. The van der Waals surface area contributed by atoms with E-state index < -0.39 is 11.7 Å². The number of alkyl halides is 3. The van der Waals surface area contributed by atoms with Gasteiger partial charge in [-0.25, -0.2) is 0 Å². The van der Waals surface area contributed by atoms with Crippen LogP contribution in [0.25, 0.3) is 0 Å². The maximum atomic E-state index is 12.6. The third-order valence-electron chi connectivity index (χ3n) is 4.06. The predicted octanol–water partition coefficient (Wildman–Crippen LogP) is 4.12. The highest BCUT2D eigenvalue weighted by Gasteiger charge is 2.30. The van der Waals surface area contributed by atoms with E-state index in [-0.39, 0.29) is 0 Å². The molecule has 1 N–H and O–H groups in total. The maximum absolute atomic E-state index is 12.6. The first-order valence-electron chi connectivity index (χ1n) is 7.19. The third-order valence-corrected chi connectivity index (χ3v) is 4.06. The van der Waals surface area contributed by atoms with Crippen LogP contribution in [0.15, 0.2) is 42.5 Å². The molecule has 2 aromatic rings. The molecule has 1 aliphatic heterocycles. The van der Waals surface area contributed by atoms with Crippen molar-refractivity contribution in [3.05, 3.63) is 59.2 Å². The Kier molecular flexibility index (Phi) is 3.83. The molecule has 0 unspecified atom stereocenters. The Morgan fingerprint density at radius 1 is 1.05 bits per heavy atom. The van der Waals surface area contributed by atoms with Crippen molar-refractivity contribution in [1.82, 2.24) is 5.32 Å². The van der Waals surface area contributed by atoms with Gasteiger partial charge in [0, 0.05) is 25.0 Å². The second kappa shape index (κ2) is 5.65. The zero-order valence-electron chi connectivity index (χ0n) is 12.2. The molecule has 2 aromatic carbocycles. The first kappa shape index (κ1) is 14.9. The van der Waals surface area contributed by atoms with Crippen molar-refractivity contribution in [2.75, 3.05) is 18.5 Å². The standard InChI is InChI=1S/C17H17F3N2/c1-22(14-7-5-13(6-8-14)17(18,19)20)16-4-2-3-12-11-21-10-9-15(12)16/h2-8,21H,9-11H2,1H3. The quantitative estimate of drug-likeness (QED) is 0.898. The molecule has 0 bridgehead atoms. The summed E-state index contributed by atoms with van der Waals surface area (Å²) in [7, 11) is 1.89. The van der Waals surface area contributed by atoms with E-state index in [0.29, 0.717) is 0 Å². The molecule has 116 valence electrons. The summed E-state index contributed by atoms with van der Waals surface area (Å²) < 4.78 is 37.9. The number of nitrogens with one attached hydrogen (secondary N) is 1. The normalized spacial score (nSPS) is 14.5. The van der Waals surface area contributed by atoms with Crippen LogP contribution < -0.4 is 10.2 Å². The van der Waals surface area contributed by atoms with Gasteiger partial charge in [0.1, 0.15) is 0 Å². The number of hydrogen-bond acceptors (Lipinski definition) is 2. The zero-order valence-corrected chi connectivity index (χ0v) is 12.2. The van der Waals surface area contributed by atoms with E-state index in [2.05, 4.69) is 11.4 Å². The lowest BCUT2D eigenvalue weighted by molar-refractivity contribution is -0.137. The van der Waals surface area contributed by atoms with E-state index in [9.17, 15) is 13.2 Å². The molecular weight excluding hydrogens is 289 g/mol. The molecule has 0 amide bonds. The second-order valence-corrected chi connectivity index (χ2v) is 5.45. The molecule has 0 saturated heterocycles. The van der Waals surface area contributed by atoms with Crippen molar-refractivity contribution >= 4 is 11.4 Å². The van der Waals surface area contributed by atoms with Gasteiger partial charge >= 0.3 is 6.18 Å². The van der Waals surface area contributed by atoms with E-state index in [1.165, 1.54) is 23.3 Å². The number of anilines is 2. The van der Waals surface area contributed by atoms with Crippen LogP contribution in [0, 0.1) is 0 Å². The van der Waals surface area contributed by atoms with Gasteiger partial charge in [0.15, 0.2) is 0 Å². The van der Waals surface area contributed by atoms with Gasteiger partial charge in [0.2, 0.25) is 0 Å². The fourth-order valence-corrected chi connectivity index (χ4v) is 2.84. The minimum atomic E-state index is -4.30. The Bertz CT molecular complexity index is 663. The number of fused-ring (bicyclic) bond motifs is 1. The third kappa shape index (κ3) is 2.81. The van der Waals surface area contributed by atoms with Gasteiger partial charge in [0.05, 0.1) is 5.56 Å². The molecule has 0 saturated carbocycles. The Morgan fingerprint density at radius 2 is 1.77 bits per heavy atom. The monoisotopic (exact) mass is 306 g/mol. The Labute approximate surface area is 127 Å². The van der Waals surface area contributed by atoms with Crippen LogP contribution in [-0.4, -0.2) is 13.6 Å². The molecule has 2 nitrogen and oxygen atoms in total. The summed E-state index contributed by atoms with van der Waals surface area (Å²) in [4.78, 5) is 1.95. The van der Waals surface area contributed by atoms with E-state index in [0.717, 1.165) is 43.0 Å². The molecule has 0 atom stereocenters. The topological polar surface area (TPSA) is 15.3 Å². The molecule has 0 aromatic heterocycles. The van der Waals surface area contributed by atoms with Crippen molar-refractivity contribution in [2.24, 2.45) is 0 Å². The molecule has 1 aliphatic rings. The summed E-state index contributed by atoms with van der Waals surface area (Å²) in [6.45, 7) is 1.76. The minimum absolute atomic E-state index is 0.621. The largest absolute Gasteiger partial charge is 0.416 e. The molecule has 22 heavy (non-hydrogen) atoms. The number of halogens is 3. The first-order chi connectivity index (χ1) is 10.5. The predicted molar refractivity (Wildman–Crippen MR) is 81.4 cm³/mol. The lowest BCUT2D eigenvalue weighted by Gasteiger charge is -2.27. The summed E-state index contributed by atoms with van der Waals surface area (Å²) in [6.07, 6.45) is -3.37. The van der Waals surface area contributed by atoms with Crippen LogP contribution in [0.1, 0.15) is 16.7 Å². The fourth-order valence-electron chi connectivity index (χ4n) is 2.84. The van der Waals surface area contributed by atoms with Crippen molar-refractivity contribution in [3.63, 3.8) is 0 Å². The lowest BCUT2D eigenvalue weighted by Crippen LogP contribution is -2.25. The summed E-state index contributed by atoms with van der Waals surface area (Å²) >= 11 is 0. The fraction of sp³-hybridized carbons (Fsp3) is 0.294. The van der Waals surface area contributed by atoms with Gasteiger partial charge in [-0.3, -0.25) is 0 Å². The average molecular weight is 306 g/mol. The van der Waals surface area contributed by atoms with Crippen molar-refractivity contribution < 1.29 is 13.2 Å². The highest BCUT2D eigenvalue weighted by molar-refractivity contribution is 5.67. The van der Waals surface area contributed by atoms with Crippen LogP contribution in [-0.2, 0) is 19.1 Å².